The third kappa shape index (κ3) is 3.13. The van der Waals surface area contributed by atoms with Gasteiger partial charge in [-0.3, -0.25) is 4.79 Å². The first-order valence-electron chi connectivity index (χ1n) is 8.09. The largest absolute Gasteiger partial charge is 0.347 e. The molecule has 1 aliphatic heterocycles. The van der Waals surface area contributed by atoms with Crippen LogP contribution in [-0.4, -0.2) is 29.1 Å². The number of hydrogen-bond acceptors (Lipinski definition) is 5. The zero-order valence-corrected chi connectivity index (χ0v) is 13.6. The van der Waals surface area contributed by atoms with Gasteiger partial charge in [0.05, 0.1) is 0 Å². The van der Waals surface area contributed by atoms with Gasteiger partial charge in [0.25, 0.3) is 0 Å². The van der Waals surface area contributed by atoms with Crippen molar-refractivity contribution in [3.63, 3.8) is 0 Å². The van der Waals surface area contributed by atoms with Crippen LogP contribution < -0.4 is 4.90 Å². The van der Waals surface area contributed by atoms with E-state index in [0.717, 1.165) is 36.1 Å². The minimum absolute atomic E-state index is 0.0209. The van der Waals surface area contributed by atoms with Gasteiger partial charge in [-0.2, -0.15) is 0 Å². The first kappa shape index (κ1) is 14.8. The van der Waals surface area contributed by atoms with E-state index in [-0.39, 0.29) is 17.5 Å². The maximum absolute atomic E-state index is 13.0. The number of carbonyl (C=O) groups is 1. The van der Waals surface area contributed by atoms with E-state index in [2.05, 4.69) is 15.1 Å². The second-order valence-electron chi connectivity index (χ2n) is 6.33. The molecule has 4 rings (SSSR count). The zero-order valence-electron chi connectivity index (χ0n) is 12.7. The number of halogens is 1. The molecule has 0 amide bonds. The van der Waals surface area contributed by atoms with E-state index in [4.69, 9.17) is 0 Å². The topological polar surface area (TPSA) is 46.1 Å². The molecule has 2 aromatic rings. The summed E-state index contributed by atoms with van der Waals surface area (Å²) in [4.78, 5) is 14.7. The van der Waals surface area contributed by atoms with Crippen LogP contribution in [0.2, 0.25) is 0 Å². The lowest BCUT2D eigenvalue weighted by atomic mass is 9.89. The van der Waals surface area contributed by atoms with Crippen molar-refractivity contribution in [2.24, 2.45) is 5.92 Å². The van der Waals surface area contributed by atoms with Gasteiger partial charge in [-0.25, -0.2) is 4.39 Å². The molecular formula is C17H18FN3OS. The van der Waals surface area contributed by atoms with E-state index in [1.807, 2.05) is 0 Å². The second kappa shape index (κ2) is 6.00. The molecule has 0 spiro atoms. The van der Waals surface area contributed by atoms with Crippen molar-refractivity contribution in [1.29, 1.82) is 0 Å². The normalized spacial score (nSPS) is 19.1. The Morgan fingerprint density at radius 1 is 1.09 bits per heavy atom. The average molecular weight is 331 g/mol. The maximum atomic E-state index is 13.0. The first-order chi connectivity index (χ1) is 11.2. The van der Waals surface area contributed by atoms with Gasteiger partial charge >= 0.3 is 0 Å². The maximum Gasteiger partial charge on any atom is 0.208 e. The van der Waals surface area contributed by atoms with Crippen molar-refractivity contribution >= 4 is 22.3 Å². The molecule has 1 saturated heterocycles. The fraction of sp³-hybridized carbons (Fsp3) is 0.471. The molecule has 1 aliphatic carbocycles. The van der Waals surface area contributed by atoms with Gasteiger partial charge in [0.15, 0.2) is 5.78 Å². The fourth-order valence-corrected chi connectivity index (χ4v) is 4.10. The van der Waals surface area contributed by atoms with E-state index >= 15 is 0 Å². The van der Waals surface area contributed by atoms with Crippen LogP contribution in [0, 0.1) is 11.7 Å². The van der Waals surface area contributed by atoms with E-state index in [0.29, 0.717) is 11.5 Å². The summed E-state index contributed by atoms with van der Waals surface area (Å²) in [5.41, 5.74) is 0.608. The number of nitrogens with zero attached hydrogens (tertiary/aromatic N) is 3. The molecule has 0 atom stereocenters. The van der Waals surface area contributed by atoms with Gasteiger partial charge in [-0.1, -0.05) is 11.3 Å². The number of rotatable bonds is 4. The smallest absolute Gasteiger partial charge is 0.208 e. The average Bonchev–Trinajstić information content (AvgIpc) is 3.32. The van der Waals surface area contributed by atoms with Gasteiger partial charge in [-0.05, 0) is 49.9 Å². The molecule has 120 valence electrons. The molecule has 2 heterocycles. The SMILES string of the molecule is O=C(c1ccc(F)cc1)C1CCN(c2nnc(C3CC3)s2)CC1. The Balaban J connectivity index is 1.38. The summed E-state index contributed by atoms with van der Waals surface area (Å²) in [6.45, 7) is 1.66. The van der Waals surface area contributed by atoms with Crippen molar-refractivity contribution in [3.05, 3.63) is 40.7 Å². The summed E-state index contributed by atoms with van der Waals surface area (Å²) in [5.74, 6) is 0.478. The van der Waals surface area contributed by atoms with Gasteiger partial charge in [-0.15, -0.1) is 10.2 Å². The van der Waals surface area contributed by atoms with Crippen LogP contribution in [0.25, 0.3) is 0 Å². The molecule has 4 nitrogen and oxygen atoms in total. The lowest BCUT2D eigenvalue weighted by Gasteiger charge is -2.30. The van der Waals surface area contributed by atoms with Crippen LogP contribution in [-0.2, 0) is 0 Å². The number of hydrogen-bond donors (Lipinski definition) is 0. The van der Waals surface area contributed by atoms with Crippen molar-refractivity contribution in [2.45, 2.75) is 31.6 Å². The van der Waals surface area contributed by atoms with Crippen molar-refractivity contribution in [1.82, 2.24) is 10.2 Å². The monoisotopic (exact) mass is 331 g/mol. The van der Waals surface area contributed by atoms with Crippen LogP contribution in [0.15, 0.2) is 24.3 Å². The van der Waals surface area contributed by atoms with Gasteiger partial charge in [0.2, 0.25) is 5.13 Å². The first-order valence-corrected chi connectivity index (χ1v) is 8.90. The molecule has 0 bridgehead atoms. The highest BCUT2D eigenvalue weighted by Gasteiger charge is 2.30. The van der Waals surface area contributed by atoms with E-state index < -0.39 is 0 Å². The molecule has 1 aromatic heterocycles. The Hall–Kier alpha value is -1.82. The lowest BCUT2D eigenvalue weighted by Crippen LogP contribution is -2.36. The molecular weight excluding hydrogens is 313 g/mol. The Kier molecular flexibility index (Phi) is 3.85. The van der Waals surface area contributed by atoms with E-state index in [9.17, 15) is 9.18 Å². The van der Waals surface area contributed by atoms with Gasteiger partial charge < -0.3 is 4.90 Å². The summed E-state index contributed by atoms with van der Waals surface area (Å²) in [6.07, 6.45) is 4.11. The minimum Gasteiger partial charge on any atom is -0.347 e. The summed E-state index contributed by atoms with van der Waals surface area (Å²) in [6, 6.07) is 5.86. The minimum atomic E-state index is -0.306. The second-order valence-corrected chi connectivity index (χ2v) is 7.32. The zero-order chi connectivity index (χ0) is 15.8. The quantitative estimate of drug-likeness (QED) is 0.802. The Morgan fingerprint density at radius 3 is 2.43 bits per heavy atom. The number of Topliss-reactive ketones (excluding diaryl/α,β-unsaturated/α-hetero) is 1. The molecule has 0 radical (unpaired) electrons. The van der Waals surface area contributed by atoms with Crippen LogP contribution in [0.4, 0.5) is 9.52 Å². The highest BCUT2D eigenvalue weighted by Crippen LogP contribution is 2.43. The summed E-state index contributed by atoms with van der Waals surface area (Å²) in [5, 5.41) is 10.7. The highest BCUT2D eigenvalue weighted by molar-refractivity contribution is 7.15. The van der Waals surface area contributed by atoms with Gasteiger partial charge in [0, 0.05) is 30.5 Å². The molecule has 2 fully saturated rings. The number of carbonyl (C=O) groups excluding carboxylic acids is 1. The number of benzene rings is 1. The van der Waals surface area contributed by atoms with Crippen molar-refractivity contribution in [2.75, 3.05) is 18.0 Å². The third-order valence-corrected chi connectivity index (χ3v) is 5.77. The van der Waals surface area contributed by atoms with Crippen LogP contribution >= 0.6 is 11.3 Å². The molecule has 23 heavy (non-hydrogen) atoms. The number of aromatic nitrogens is 2. The molecule has 0 N–H and O–H groups in total. The predicted molar refractivity (Wildman–Crippen MR) is 87.6 cm³/mol. The van der Waals surface area contributed by atoms with Crippen molar-refractivity contribution < 1.29 is 9.18 Å². The Labute approximate surface area is 138 Å². The summed E-state index contributed by atoms with van der Waals surface area (Å²) >= 11 is 1.69. The highest BCUT2D eigenvalue weighted by atomic mass is 32.1. The van der Waals surface area contributed by atoms with Gasteiger partial charge in [0.1, 0.15) is 10.8 Å². The lowest BCUT2D eigenvalue weighted by molar-refractivity contribution is 0.0900. The Bertz CT molecular complexity index is 703. The number of anilines is 1. The summed E-state index contributed by atoms with van der Waals surface area (Å²) in [7, 11) is 0. The third-order valence-electron chi connectivity index (χ3n) is 4.62. The molecule has 6 heteroatoms. The predicted octanol–water partition coefficient (Wildman–Crippen LogP) is 3.65. The van der Waals surface area contributed by atoms with Crippen LogP contribution in [0.5, 0.6) is 0 Å². The van der Waals surface area contributed by atoms with E-state index in [1.54, 1.807) is 23.5 Å². The molecule has 0 unspecified atom stereocenters. The van der Waals surface area contributed by atoms with Crippen LogP contribution in [0.1, 0.15) is 47.0 Å². The number of piperidine rings is 1. The number of ketones is 1. The standard InChI is InChI=1S/C17H18FN3OS/c18-14-5-3-11(4-6-14)15(22)12-7-9-21(10-8-12)17-20-19-16(23-17)13-1-2-13/h3-6,12-13H,1-2,7-10H2. The van der Waals surface area contributed by atoms with E-state index in [1.165, 1.54) is 25.0 Å². The molecule has 1 aromatic carbocycles. The fourth-order valence-electron chi connectivity index (χ4n) is 3.03. The molecule has 1 saturated carbocycles. The Morgan fingerprint density at radius 2 is 1.78 bits per heavy atom. The van der Waals surface area contributed by atoms with Crippen molar-refractivity contribution in [3.8, 4) is 0 Å². The summed E-state index contributed by atoms with van der Waals surface area (Å²) < 4.78 is 13.0. The molecule has 2 aliphatic rings. The van der Waals surface area contributed by atoms with Crippen LogP contribution in [0.3, 0.4) is 0 Å².